The van der Waals surface area contributed by atoms with Gasteiger partial charge in [0.25, 0.3) is 0 Å². The zero-order valence-corrected chi connectivity index (χ0v) is 12.1. The number of amides is 1. The quantitative estimate of drug-likeness (QED) is 0.899. The summed E-state index contributed by atoms with van der Waals surface area (Å²) >= 11 is 5.94. The number of halogens is 1. The summed E-state index contributed by atoms with van der Waals surface area (Å²) < 4.78 is 0. The molecule has 0 aliphatic carbocycles. The Morgan fingerprint density at radius 2 is 2.37 bits per heavy atom. The minimum Gasteiger partial charge on any atom is -0.341 e. The topological polar surface area (TPSA) is 32.3 Å². The molecule has 1 aliphatic rings. The molecule has 104 valence electrons. The Labute approximate surface area is 119 Å². The second-order valence-corrected chi connectivity index (χ2v) is 5.71. The van der Waals surface area contributed by atoms with Crippen molar-refractivity contribution < 1.29 is 4.79 Å². The molecule has 1 atom stereocenters. The highest BCUT2D eigenvalue weighted by Crippen LogP contribution is 2.16. The third-order valence-electron chi connectivity index (χ3n) is 3.66. The maximum Gasteiger partial charge on any atom is 0.222 e. The second-order valence-electron chi connectivity index (χ2n) is 5.28. The fraction of sp³-hybridized carbons (Fsp3) is 0.533. The number of hydrogen-bond acceptors (Lipinski definition) is 2. The molecule has 0 bridgehead atoms. The van der Waals surface area contributed by atoms with Gasteiger partial charge in [0, 0.05) is 25.0 Å². The van der Waals surface area contributed by atoms with Gasteiger partial charge < -0.3 is 10.2 Å². The van der Waals surface area contributed by atoms with Crippen LogP contribution in [0, 0.1) is 5.92 Å². The highest BCUT2D eigenvalue weighted by Gasteiger charge is 2.17. The normalized spacial score (nSPS) is 18.5. The van der Waals surface area contributed by atoms with Crippen LogP contribution in [0.5, 0.6) is 0 Å². The number of rotatable bonds is 5. The van der Waals surface area contributed by atoms with E-state index in [2.05, 4.69) is 5.32 Å². The van der Waals surface area contributed by atoms with E-state index in [0.29, 0.717) is 18.9 Å². The smallest absolute Gasteiger partial charge is 0.222 e. The van der Waals surface area contributed by atoms with Crippen LogP contribution in [0.1, 0.15) is 24.8 Å². The van der Waals surface area contributed by atoms with Gasteiger partial charge >= 0.3 is 0 Å². The Hall–Kier alpha value is -1.06. The predicted octanol–water partition coefficient (Wildman–Crippen LogP) is 2.69. The number of nitrogens with one attached hydrogen (secondary N) is 1. The summed E-state index contributed by atoms with van der Waals surface area (Å²) in [5.41, 5.74) is 1.07. The summed E-state index contributed by atoms with van der Waals surface area (Å²) in [6.45, 7) is 2.78. The predicted molar refractivity (Wildman–Crippen MR) is 78.1 cm³/mol. The van der Waals surface area contributed by atoms with Crippen molar-refractivity contribution in [1.29, 1.82) is 0 Å². The average Bonchev–Trinajstić information content (AvgIpc) is 2.89. The highest BCUT2D eigenvalue weighted by atomic mass is 35.5. The molecule has 1 heterocycles. The van der Waals surface area contributed by atoms with Crippen molar-refractivity contribution in [2.24, 2.45) is 5.92 Å². The maximum atomic E-state index is 12.1. The maximum absolute atomic E-state index is 12.1. The molecule has 19 heavy (non-hydrogen) atoms. The second kappa shape index (κ2) is 6.92. The fourth-order valence-corrected chi connectivity index (χ4v) is 2.69. The summed E-state index contributed by atoms with van der Waals surface area (Å²) in [5, 5.41) is 4.05. The van der Waals surface area contributed by atoms with Gasteiger partial charge in [-0.05, 0) is 49.5 Å². The van der Waals surface area contributed by atoms with E-state index in [0.717, 1.165) is 30.1 Å². The standard InChI is InChI=1S/C15H21ClN2O/c1-18(11-13-3-2-4-14(16)9-13)15(19)6-5-12-7-8-17-10-12/h2-4,9,12,17H,5-8,10-11H2,1H3. The molecule has 0 radical (unpaired) electrons. The molecule has 1 saturated heterocycles. The molecule has 0 saturated carbocycles. The van der Waals surface area contributed by atoms with Gasteiger partial charge in [-0.2, -0.15) is 0 Å². The van der Waals surface area contributed by atoms with Crippen LogP contribution >= 0.6 is 11.6 Å². The van der Waals surface area contributed by atoms with Crippen LogP contribution in [0.2, 0.25) is 5.02 Å². The van der Waals surface area contributed by atoms with E-state index in [9.17, 15) is 4.79 Å². The molecule has 1 amide bonds. The first-order chi connectivity index (χ1) is 9.15. The molecule has 1 aromatic rings. The zero-order chi connectivity index (χ0) is 13.7. The molecule has 1 fully saturated rings. The molecule has 0 aromatic heterocycles. The van der Waals surface area contributed by atoms with Crippen LogP contribution in [0.4, 0.5) is 0 Å². The van der Waals surface area contributed by atoms with E-state index in [1.807, 2.05) is 31.3 Å². The first-order valence-corrected chi connectivity index (χ1v) is 7.22. The SMILES string of the molecule is CN(Cc1cccc(Cl)c1)C(=O)CCC1CCNC1. The summed E-state index contributed by atoms with van der Waals surface area (Å²) in [6.07, 6.45) is 2.83. The number of carbonyl (C=O) groups is 1. The van der Waals surface area contributed by atoms with Gasteiger partial charge in [-0.1, -0.05) is 23.7 Å². The molecule has 1 unspecified atom stereocenters. The van der Waals surface area contributed by atoms with Crippen molar-refractivity contribution in [3.8, 4) is 0 Å². The highest BCUT2D eigenvalue weighted by molar-refractivity contribution is 6.30. The molecule has 3 nitrogen and oxygen atoms in total. The van der Waals surface area contributed by atoms with Crippen LogP contribution in [-0.2, 0) is 11.3 Å². The third-order valence-corrected chi connectivity index (χ3v) is 3.90. The molecule has 0 spiro atoms. The summed E-state index contributed by atoms with van der Waals surface area (Å²) in [6, 6.07) is 7.67. The van der Waals surface area contributed by atoms with E-state index in [1.165, 1.54) is 6.42 Å². The van der Waals surface area contributed by atoms with E-state index >= 15 is 0 Å². The van der Waals surface area contributed by atoms with Crippen LogP contribution in [0.15, 0.2) is 24.3 Å². The van der Waals surface area contributed by atoms with Crippen molar-refractivity contribution in [2.75, 3.05) is 20.1 Å². The van der Waals surface area contributed by atoms with Gasteiger partial charge in [0.2, 0.25) is 5.91 Å². The van der Waals surface area contributed by atoms with Crippen LogP contribution in [-0.4, -0.2) is 30.9 Å². The first kappa shape index (κ1) is 14.4. The van der Waals surface area contributed by atoms with Crippen molar-refractivity contribution in [3.63, 3.8) is 0 Å². The van der Waals surface area contributed by atoms with Gasteiger partial charge in [-0.3, -0.25) is 4.79 Å². The zero-order valence-electron chi connectivity index (χ0n) is 11.4. The Bertz CT molecular complexity index is 430. The van der Waals surface area contributed by atoms with Crippen molar-refractivity contribution >= 4 is 17.5 Å². The molecule has 1 aliphatic heterocycles. The minimum absolute atomic E-state index is 0.215. The Morgan fingerprint density at radius 3 is 3.05 bits per heavy atom. The van der Waals surface area contributed by atoms with Crippen LogP contribution in [0.25, 0.3) is 0 Å². The van der Waals surface area contributed by atoms with Gasteiger partial charge in [-0.15, -0.1) is 0 Å². The number of nitrogens with zero attached hydrogens (tertiary/aromatic N) is 1. The Morgan fingerprint density at radius 1 is 1.53 bits per heavy atom. The lowest BCUT2D eigenvalue weighted by Crippen LogP contribution is -2.26. The lowest BCUT2D eigenvalue weighted by molar-refractivity contribution is -0.130. The van der Waals surface area contributed by atoms with Crippen LogP contribution < -0.4 is 5.32 Å². The first-order valence-electron chi connectivity index (χ1n) is 6.84. The van der Waals surface area contributed by atoms with Crippen molar-refractivity contribution in [3.05, 3.63) is 34.9 Å². The van der Waals surface area contributed by atoms with Crippen molar-refractivity contribution in [2.45, 2.75) is 25.8 Å². The molecule has 4 heteroatoms. The van der Waals surface area contributed by atoms with Crippen molar-refractivity contribution in [1.82, 2.24) is 10.2 Å². The molecular formula is C15H21ClN2O. The van der Waals surface area contributed by atoms with Gasteiger partial charge in [0.15, 0.2) is 0 Å². The summed E-state index contributed by atoms with van der Waals surface area (Å²) in [7, 11) is 1.86. The van der Waals surface area contributed by atoms with Gasteiger partial charge in [0.1, 0.15) is 0 Å². The number of benzene rings is 1. The molecule has 1 N–H and O–H groups in total. The average molecular weight is 281 g/mol. The molecule has 1 aromatic carbocycles. The van der Waals surface area contributed by atoms with Gasteiger partial charge in [-0.25, -0.2) is 0 Å². The monoisotopic (exact) mass is 280 g/mol. The molecule has 2 rings (SSSR count). The van der Waals surface area contributed by atoms with E-state index in [-0.39, 0.29) is 5.91 Å². The van der Waals surface area contributed by atoms with E-state index in [1.54, 1.807) is 4.90 Å². The third kappa shape index (κ3) is 4.51. The van der Waals surface area contributed by atoms with E-state index < -0.39 is 0 Å². The molecular weight excluding hydrogens is 260 g/mol. The minimum atomic E-state index is 0.215. The number of hydrogen-bond donors (Lipinski definition) is 1. The summed E-state index contributed by atoms with van der Waals surface area (Å²) in [4.78, 5) is 13.8. The van der Waals surface area contributed by atoms with E-state index in [4.69, 9.17) is 11.6 Å². The van der Waals surface area contributed by atoms with Gasteiger partial charge in [0.05, 0.1) is 0 Å². The number of carbonyl (C=O) groups excluding carboxylic acids is 1. The lowest BCUT2D eigenvalue weighted by Gasteiger charge is -2.18. The Kier molecular flexibility index (Phi) is 5.23. The Balaban J connectivity index is 1.78. The summed E-state index contributed by atoms with van der Waals surface area (Å²) in [5.74, 6) is 0.885. The lowest BCUT2D eigenvalue weighted by atomic mass is 10.0. The largest absolute Gasteiger partial charge is 0.341 e. The fourth-order valence-electron chi connectivity index (χ4n) is 2.48. The van der Waals surface area contributed by atoms with Crippen LogP contribution in [0.3, 0.4) is 0 Å².